The van der Waals surface area contributed by atoms with E-state index in [0.717, 1.165) is 12.1 Å². The number of carbonyl (C=O) groups excluding carboxylic acids is 2. The zero-order valence-electron chi connectivity index (χ0n) is 15.8. The number of rotatable bonds is 7. The van der Waals surface area contributed by atoms with E-state index in [0.29, 0.717) is 11.1 Å². The van der Waals surface area contributed by atoms with Crippen LogP contribution in [-0.4, -0.2) is 28.6 Å². The molecule has 2 aromatic rings. The zero-order chi connectivity index (χ0) is 19.2. The first-order valence-corrected chi connectivity index (χ1v) is 15.0. The van der Waals surface area contributed by atoms with Crippen LogP contribution in [0, 0.1) is 0 Å². The summed E-state index contributed by atoms with van der Waals surface area (Å²) in [4.78, 5) is 24.6. The van der Waals surface area contributed by atoms with Gasteiger partial charge in [-0.1, -0.05) is 36.4 Å². The van der Waals surface area contributed by atoms with Crippen LogP contribution in [0.4, 0.5) is 0 Å². The lowest BCUT2D eigenvalue weighted by Gasteiger charge is -2.28. The SMILES string of the molecule is C[Si](C)(CC[Si](C)(C)OC(=O)c1ccccc1)OC(=O)c1ccccc1. The highest BCUT2D eigenvalue weighted by Gasteiger charge is 2.34. The van der Waals surface area contributed by atoms with Crippen LogP contribution in [0.2, 0.25) is 38.3 Å². The maximum atomic E-state index is 12.3. The van der Waals surface area contributed by atoms with Crippen molar-refractivity contribution in [3.63, 3.8) is 0 Å². The second-order valence-corrected chi connectivity index (χ2v) is 16.0. The molecule has 0 saturated carbocycles. The minimum Gasteiger partial charge on any atom is -0.516 e. The van der Waals surface area contributed by atoms with Crippen LogP contribution in [0.1, 0.15) is 20.7 Å². The van der Waals surface area contributed by atoms with Crippen LogP contribution in [0.25, 0.3) is 0 Å². The molecule has 0 aromatic heterocycles. The molecule has 0 atom stereocenters. The molecule has 0 saturated heterocycles. The Morgan fingerprint density at radius 1 is 0.654 bits per heavy atom. The second-order valence-electron chi connectivity index (χ2n) is 7.53. The normalized spacial score (nSPS) is 11.7. The fourth-order valence-corrected chi connectivity index (χ4v) is 8.73. The maximum Gasteiger partial charge on any atom is 0.324 e. The molecule has 0 aliphatic carbocycles. The molecule has 0 aliphatic rings. The van der Waals surface area contributed by atoms with Crippen molar-refractivity contribution >= 4 is 28.6 Å². The van der Waals surface area contributed by atoms with Gasteiger partial charge in [0.15, 0.2) is 0 Å². The average molecular weight is 387 g/mol. The van der Waals surface area contributed by atoms with Crippen LogP contribution in [-0.2, 0) is 8.85 Å². The molecule has 0 amide bonds. The van der Waals surface area contributed by atoms with Gasteiger partial charge in [-0.2, -0.15) is 0 Å². The van der Waals surface area contributed by atoms with Gasteiger partial charge in [-0.15, -0.1) is 0 Å². The number of carbonyl (C=O) groups is 2. The second kappa shape index (κ2) is 8.46. The molecule has 2 rings (SSSR count). The van der Waals surface area contributed by atoms with Gasteiger partial charge in [-0.05, 0) is 62.5 Å². The summed E-state index contributed by atoms with van der Waals surface area (Å²) in [5.41, 5.74) is 1.14. The zero-order valence-corrected chi connectivity index (χ0v) is 17.8. The van der Waals surface area contributed by atoms with Gasteiger partial charge >= 0.3 is 11.9 Å². The molecule has 6 heteroatoms. The molecule has 0 aliphatic heterocycles. The fourth-order valence-electron chi connectivity index (χ4n) is 2.47. The Morgan fingerprint density at radius 3 is 1.27 bits per heavy atom. The highest BCUT2D eigenvalue weighted by atomic mass is 28.4. The molecule has 138 valence electrons. The monoisotopic (exact) mass is 386 g/mol. The van der Waals surface area contributed by atoms with E-state index in [2.05, 4.69) is 0 Å². The first kappa shape index (κ1) is 20.1. The van der Waals surface area contributed by atoms with Gasteiger partial charge in [-0.25, -0.2) is 9.59 Å². The molecule has 0 heterocycles. The molecule has 2 aromatic carbocycles. The summed E-state index contributed by atoms with van der Waals surface area (Å²) in [5, 5.41) is 0. The number of benzene rings is 2. The smallest absolute Gasteiger partial charge is 0.324 e. The Balaban J connectivity index is 1.90. The van der Waals surface area contributed by atoms with Crippen molar-refractivity contribution in [2.75, 3.05) is 0 Å². The van der Waals surface area contributed by atoms with Crippen molar-refractivity contribution in [3.8, 4) is 0 Å². The summed E-state index contributed by atoms with van der Waals surface area (Å²) in [7, 11) is -4.39. The molecule has 0 N–H and O–H groups in total. The summed E-state index contributed by atoms with van der Waals surface area (Å²) in [5.74, 6) is -0.550. The van der Waals surface area contributed by atoms with Gasteiger partial charge in [-0.3, -0.25) is 0 Å². The lowest BCUT2D eigenvalue weighted by atomic mass is 10.2. The van der Waals surface area contributed by atoms with E-state index in [1.54, 1.807) is 24.3 Å². The Morgan fingerprint density at radius 2 is 0.962 bits per heavy atom. The van der Waals surface area contributed by atoms with E-state index in [-0.39, 0.29) is 11.9 Å². The van der Waals surface area contributed by atoms with Crippen molar-refractivity contribution in [2.45, 2.75) is 38.3 Å². The molecule has 4 nitrogen and oxygen atoms in total. The first-order chi connectivity index (χ1) is 12.2. The third-order valence-corrected chi connectivity index (χ3v) is 8.97. The quantitative estimate of drug-likeness (QED) is 0.620. The number of hydrogen-bond acceptors (Lipinski definition) is 4. The van der Waals surface area contributed by atoms with E-state index >= 15 is 0 Å². The van der Waals surface area contributed by atoms with Gasteiger partial charge in [0.1, 0.15) is 0 Å². The molecule has 0 fully saturated rings. The molecular weight excluding hydrogens is 360 g/mol. The summed E-state index contributed by atoms with van der Waals surface area (Å²) >= 11 is 0. The molecular formula is C20H26O4Si2. The van der Waals surface area contributed by atoms with Crippen LogP contribution in [0.15, 0.2) is 60.7 Å². The Hall–Kier alpha value is -2.19. The molecule has 26 heavy (non-hydrogen) atoms. The lowest BCUT2D eigenvalue weighted by Crippen LogP contribution is -2.39. The van der Waals surface area contributed by atoms with Crippen LogP contribution < -0.4 is 0 Å². The summed E-state index contributed by atoms with van der Waals surface area (Å²) < 4.78 is 11.6. The minimum atomic E-state index is -2.20. The third-order valence-electron chi connectivity index (χ3n) is 4.09. The van der Waals surface area contributed by atoms with Crippen LogP contribution >= 0.6 is 0 Å². The first-order valence-electron chi connectivity index (χ1n) is 8.75. The van der Waals surface area contributed by atoms with Crippen LogP contribution in [0.3, 0.4) is 0 Å². The van der Waals surface area contributed by atoms with Crippen LogP contribution in [0.5, 0.6) is 0 Å². The summed E-state index contributed by atoms with van der Waals surface area (Å²) in [6.07, 6.45) is 0. The number of hydrogen-bond donors (Lipinski definition) is 0. The van der Waals surface area contributed by atoms with Crippen molar-refractivity contribution in [2.24, 2.45) is 0 Å². The van der Waals surface area contributed by atoms with Crippen molar-refractivity contribution in [1.82, 2.24) is 0 Å². The van der Waals surface area contributed by atoms with E-state index in [1.165, 1.54) is 0 Å². The van der Waals surface area contributed by atoms with Gasteiger partial charge in [0.25, 0.3) is 0 Å². The molecule has 0 radical (unpaired) electrons. The van der Waals surface area contributed by atoms with E-state index in [4.69, 9.17) is 8.85 Å². The largest absolute Gasteiger partial charge is 0.516 e. The Labute approximate surface area is 157 Å². The van der Waals surface area contributed by atoms with Gasteiger partial charge < -0.3 is 8.85 Å². The highest BCUT2D eigenvalue weighted by Crippen LogP contribution is 2.24. The maximum absolute atomic E-state index is 12.3. The predicted octanol–water partition coefficient (Wildman–Crippen LogP) is 5.11. The van der Waals surface area contributed by atoms with Gasteiger partial charge in [0.2, 0.25) is 16.6 Å². The van der Waals surface area contributed by atoms with E-state index in [1.807, 2.05) is 62.6 Å². The van der Waals surface area contributed by atoms with Gasteiger partial charge in [0.05, 0.1) is 11.1 Å². The van der Waals surface area contributed by atoms with E-state index < -0.39 is 16.6 Å². The third kappa shape index (κ3) is 6.27. The molecule has 0 spiro atoms. The Bertz CT molecular complexity index is 677. The standard InChI is InChI=1S/C20H26O4Si2/c1-25(2,23-19(21)17-11-7-5-8-12-17)15-16-26(3,4)24-20(22)18-13-9-6-10-14-18/h5-14H,15-16H2,1-4H3. The summed E-state index contributed by atoms with van der Waals surface area (Å²) in [6, 6.07) is 19.6. The summed E-state index contributed by atoms with van der Waals surface area (Å²) in [6.45, 7) is 8.10. The minimum absolute atomic E-state index is 0.275. The molecule has 0 bridgehead atoms. The predicted molar refractivity (Wildman–Crippen MR) is 108 cm³/mol. The topological polar surface area (TPSA) is 52.6 Å². The lowest BCUT2D eigenvalue weighted by molar-refractivity contribution is 0.0706. The van der Waals surface area contributed by atoms with Gasteiger partial charge in [0, 0.05) is 0 Å². The van der Waals surface area contributed by atoms with E-state index in [9.17, 15) is 9.59 Å². The van der Waals surface area contributed by atoms with Crippen molar-refractivity contribution in [1.29, 1.82) is 0 Å². The highest BCUT2D eigenvalue weighted by molar-refractivity contribution is 6.78. The average Bonchev–Trinajstić information content (AvgIpc) is 2.61. The van der Waals surface area contributed by atoms with Crippen molar-refractivity contribution in [3.05, 3.63) is 71.8 Å². The van der Waals surface area contributed by atoms with Crippen molar-refractivity contribution < 1.29 is 18.4 Å². The fraction of sp³-hybridized carbons (Fsp3) is 0.300. The molecule has 0 unspecified atom stereocenters. The Kier molecular flexibility index (Phi) is 6.55.